The van der Waals surface area contributed by atoms with Crippen LogP contribution in [-0.2, 0) is 11.3 Å². The van der Waals surface area contributed by atoms with Gasteiger partial charge >= 0.3 is 0 Å². The number of carbonyl (C=O) groups is 1. The average molecular weight is 418 g/mol. The monoisotopic (exact) mass is 417 g/mol. The maximum atomic E-state index is 13.4. The Hall–Kier alpha value is -2.70. The van der Waals surface area contributed by atoms with Crippen LogP contribution in [0, 0.1) is 0 Å². The summed E-state index contributed by atoms with van der Waals surface area (Å²) in [6, 6.07) is 24.3. The second-order valence-corrected chi connectivity index (χ2v) is 8.71. The van der Waals surface area contributed by atoms with Crippen LogP contribution in [0.3, 0.4) is 0 Å². The molecular formula is C23H19N3OS2. The van der Waals surface area contributed by atoms with Crippen molar-refractivity contribution in [3.8, 4) is 0 Å². The summed E-state index contributed by atoms with van der Waals surface area (Å²) < 4.78 is 2.17. The number of thioether (sulfide) groups is 1. The highest BCUT2D eigenvalue weighted by atomic mass is 32.2. The van der Waals surface area contributed by atoms with Crippen LogP contribution in [0.4, 0.5) is 11.4 Å². The fraction of sp³-hybridized carbons (Fsp3) is 0.130. The number of anilines is 2. The standard InChI is InChI=1S/C23H19N3OS2/c1-2-25-17-10-4-3-9-16(17)24-23(25)28-15-22(27)26-18-11-5-7-13-20(18)29-21-14-8-6-12-19(21)26/h3-14H,2,15H2,1H3. The first kappa shape index (κ1) is 18.3. The maximum Gasteiger partial charge on any atom is 0.242 e. The number of aryl methyl sites for hydroxylation is 1. The van der Waals surface area contributed by atoms with E-state index >= 15 is 0 Å². The van der Waals surface area contributed by atoms with Crippen LogP contribution in [0.25, 0.3) is 11.0 Å². The van der Waals surface area contributed by atoms with Crippen molar-refractivity contribution < 1.29 is 4.79 Å². The Morgan fingerprint density at radius 2 is 1.55 bits per heavy atom. The Morgan fingerprint density at radius 3 is 2.24 bits per heavy atom. The molecule has 0 fully saturated rings. The number of aromatic nitrogens is 2. The highest BCUT2D eigenvalue weighted by Gasteiger charge is 2.28. The zero-order valence-corrected chi connectivity index (χ0v) is 17.5. The maximum absolute atomic E-state index is 13.4. The van der Waals surface area contributed by atoms with Gasteiger partial charge in [-0.15, -0.1) is 0 Å². The van der Waals surface area contributed by atoms with Gasteiger partial charge in [0.2, 0.25) is 5.91 Å². The molecule has 0 bridgehead atoms. The van der Waals surface area contributed by atoms with Crippen LogP contribution in [-0.4, -0.2) is 21.2 Å². The van der Waals surface area contributed by atoms with E-state index in [1.54, 1.807) is 11.8 Å². The molecule has 1 aromatic heterocycles. The second-order valence-electron chi connectivity index (χ2n) is 6.68. The van der Waals surface area contributed by atoms with Crippen LogP contribution >= 0.6 is 23.5 Å². The van der Waals surface area contributed by atoms with Gasteiger partial charge in [0.15, 0.2) is 5.16 Å². The molecule has 1 aliphatic heterocycles. The van der Waals surface area contributed by atoms with Gasteiger partial charge in [-0.3, -0.25) is 9.69 Å². The van der Waals surface area contributed by atoms with Crippen LogP contribution in [0.5, 0.6) is 0 Å². The van der Waals surface area contributed by atoms with Crippen molar-refractivity contribution >= 4 is 51.8 Å². The van der Waals surface area contributed by atoms with E-state index in [1.807, 2.05) is 59.5 Å². The average Bonchev–Trinajstić information content (AvgIpc) is 3.13. The molecule has 2 heterocycles. The minimum atomic E-state index is 0.0601. The third kappa shape index (κ3) is 3.22. The molecule has 1 aliphatic rings. The fourth-order valence-corrected chi connectivity index (χ4v) is 5.62. The lowest BCUT2D eigenvalue weighted by molar-refractivity contribution is -0.115. The van der Waals surface area contributed by atoms with Gasteiger partial charge in [0.05, 0.1) is 28.2 Å². The number of fused-ring (bicyclic) bond motifs is 3. The van der Waals surface area contributed by atoms with Crippen molar-refractivity contribution in [3.63, 3.8) is 0 Å². The van der Waals surface area contributed by atoms with E-state index in [0.29, 0.717) is 5.75 Å². The van der Waals surface area contributed by atoms with Crippen molar-refractivity contribution in [1.82, 2.24) is 9.55 Å². The number of nitrogens with zero attached hydrogens (tertiary/aromatic N) is 3. The Balaban J connectivity index is 1.46. The summed E-state index contributed by atoms with van der Waals surface area (Å²) in [5.41, 5.74) is 3.97. The predicted octanol–water partition coefficient (Wildman–Crippen LogP) is 5.98. The highest BCUT2D eigenvalue weighted by Crippen LogP contribution is 2.48. The molecule has 144 valence electrons. The topological polar surface area (TPSA) is 38.1 Å². The smallest absolute Gasteiger partial charge is 0.242 e. The highest BCUT2D eigenvalue weighted by molar-refractivity contribution is 8.00. The van der Waals surface area contributed by atoms with Gasteiger partial charge in [0.25, 0.3) is 0 Å². The molecule has 0 unspecified atom stereocenters. The summed E-state index contributed by atoms with van der Waals surface area (Å²) in [7, 11) is 0. The molecule has 0 spiro atoms. The molecule has 6 heteroatoms. The van der Waals surface area contributed by atoms with E-state index in [0.717, 1.165) is 43.9 Å². The van der Waals surface area contributed by atoms with Gasteiger partial charge in [0, 0.05) is 16.3 Å². The predicted molar refractivity (Wildman–Crippen MR) is 120 cm³/mol. The number of benzene rings is 3. The van der Waals surface area contributed by atoms with E-state index in [2.05, 4.69) is 29.7 Å². The van der Waals surface area contributed by atoms with E-state index in [9.17, 15) is 4.79 Å². The van der Waals surface area contributed by atoms with Gasteiger partial charge in [-0.05, 0) is 43.3 Å². The molecule has 3 aromatic carbocycles. The third-order valence-electron chi connectivity index (χ3n) is 4.94. The number of hydrogen-bond acceptors (Lipinski definition) is 4. The molecule has 4 aromatic rings. The molecule has 0 N–H and O–H groups in total. The summed E-state index contributed by atoms with van der Waals surface area (Å²) >= 11 is 3.21. The van der Waals surface area contributed by atoms with Gasteiger partial charge in [-0.2, -0.15) is 0 Å². The Bertz CT molecular complexity index is 1170. The van der Waals surface area contributed by atoms with Crippen molar-refractivity contribution in [2.45, 2.75) is 28.4 Å². The van der Waals surface area contributed by atoms with Crippen molar-refractivity contribution in [2.24, 2.45) is 0 Å². The van der Waals surface area contributed by atoms with Crippen molar-refractivity contribution in [2.75, 3.05) is 10.7 Å². The number of rotatable bonds is 4. The molecule has 5 rings (SSSR count). The fourth-order valence-electron chi connectivity index (χ4n) is 3.63. The van der Waals surface area contributed by atoms with Crippen LogP contribution in [0.1, 0.15) is 6.92 Å². The summed E-state index contributed by atoms with van der Waals surface area (Å²) in [6.07, 6.45) is 0. The van der Waals surface area contributed by atoms with E-state index in [4.69, 9.17) is 4.98 Å². The molecule has 0 radical (unpaired) electrons. The molecule has 0 saturated carbocycles. The van der Waals surface area contributed by atoms with Crippen LogP contribution in [0.2, 0.25) is 0 Å². The number of imidazole rings is 1. The molecule has 0 saturated heterocycles. The lowest BCUT2D eigenvalue weighted by atomic mass is 10.2. The van der Waals surface area contributed by atoms with Crippen molar-refractivity contribution in [3.05, 3.63) is 72.8 Å². The number of para-hydroxylation sites is 4. The van der Waals surface area contributed by atoms with Crippen molar-refractivity contribution in [1.29, 1.82) is 0 Å². The Kier molecular flexibility index (Phi) is 4.81. The zero-order valence-electron chi connectivity index (χ0n) is 15.9. The lowest BCUT2D eigenvalue weighted by Crippen LogP contribution is -2.30. The lowest BCUT2D eigenvalue weighted by Gasteiger charge is -2.30. The van der Waals surface area contributed by atoms with Gasteiger partial charge in [-0.25, -0.2) is 4.98 Å². The molecular weight excluding hydrogens is 398 g/mol. The SMILES string of the molecule is CCn1c(SCC(=O)N2c3ccccc3Sc3ccccc32)nc2ccccc21. The first-order chi connectivity index (χ1) is 14.3. The number of hydrogen-bond donors (Lipinski definition) is 0. The summed E-state index contributed by atoms with van der Waals surface area (Å²) in [4.78, 5) is 22.2. The van der Waals surface area contributed by atoms with E-state index < -0.39 is 0 Å². The third-order valence-corrected chi connectivity index (χ3v) is 7.03. The zero-order chi connectivity index (χ0) is 19.8. The molecule has 0 atom stereocenters. The van der Waals surface area contributed by atoms with Gasteiger partial charge < -0.3 is 4.57 Å². The van der Waals surface area contributed by atoms with E-state index in [1.165, 1.54) is 11.8 Å². The molecule has 29 heavy (non-hydrogen) atoms. The van der Waals surface area contributed by atoms with E-state index in [-0.39, 0.29) is 5.91 Å². The van der Waals surface area contributed by atoms with Crippen LogP contribution in [0.15, 0.2) is 87.7 Å². The largest absolute Gasteiger partial charge is 0.319 e. The van der Waals surface area contributed by atoms with Crippen LogP contribution < -0.4 is 4.90 Å². The Morgan fingerprint density at radius 1 is 0.931 bits per heavy atom. The molecule has 0 aliphatic carbocycles. The summed E-state index contributed by atoms with van der Waals surface area (Å²) in [5.74, 6) is 0.390. The Labute approximate surface area is 177 Å². The number of amides is 1. The number of carbonyl (C=O) groups excluding carboxylic acids is 1. The minimum absolute atomic E-state index is 0.0601. The minimum Gasteiger partial charge on any atom is -0.319 e. The summed E-state index contributed by atoms with van der Waals surface area (Å²) in [5, 5.41) is 0.884. The van der Waals surface area contributed by atoms with Gasteiger partial charge in [0.1, 0.15) is 0 Å². The quantitative estimate of drug-likeness (QED) is 0.383. The first-order valence-corrected chi connectivity index (χ1v) is 11.3. The second kappa shape index (κ2) is 7.61. The molecule has 1 amide bonds. The van der Waals surface area contributed by atoms with Gasteiger partial charge in [-0.1, -0.05) is 59.9 Å². The first-order valence-electron chi connectivity index (χ1n) is 9.53. The summed E-state index contributed by atoms with van der Waals surface area (Å²) in [6.45, 7) is 2.93. The molecule has 4 nitrogen and oxygen atoms in total. The normalized spacial score (nSPS) is 12.7.